The largest absolute Gasteiger partial charge is 0.491 e. The van der Waals surface area contributed by atoms with Crippen molar-refractivity contribution in [3.05, 3.63) is 195 Å². The molecule has 1 spiro atoms. The van der Waals surface area contributed by atoms with E-state index in [2.05, 4.69) is 22.1 Å². The van der Waals surface area contributed by atoms with Crippen molar-refractivity contribution < 1.29 is 53.3 Å². The Balaban J connectivity index is 1.16. The first-order valence-electron chi connectivity index (χ1n) is 26.8. The number of anilines is 3. The lowest BCUT2D eigenvalue weighted by Gasteiger charge is -2.46. The van der Waals surface area contributed by atoms with E-state index in [0.717, 1.165) is 36.3 Å². The summed E-state index contributed by atoms with van der Waals surface area (Å²) in [6, 6.07) is 39.4. The third kappa shape index (κ3) is 10.1. The Morgan fingerprint density at radius 2 is 1.47 bits per heavy atom. The molecule has 4 aliphatic heterocycles. The number of carbonyl (C=O) groups excluding carboxylic acids is 4. The molecular formula is C62H59N5O12. The van der Waals surface area contributed by atoms with Crippen LogP contribution in [0, 0.1) is 27.9 Å². The Bertz CT molecular complexity index is 3300. The van der Waals surface area contributed by atoms with Gasteiger partial charge < -0.3 is 39.4 Å². The van der Waals surface area contributed by atoms with Crippen molar-refractivity contribution in [1.29, 1.82) is 0 Å². The fourth-order valence-electron chi connectivity index (χ4n) is 12.3. The van der Waals surface area contributed by atoms with Gasteiger partial charge in [0, 0.05) is 47.7 Å². The Morgan fingerprint density at radius 1 is 0.797 bits per heavy atom. The van der Waals surface area contributed by atoms with Gasteiger partial charge in [0.15, 0.2) is 0 Å². The lowest BCUT2D eigenvalue weighted by atomic mass is 9.65. The minimum Gasteiger partial charge on any atom is -0.491 e. The van der Waals surface area contributed by atoms with Gasteiger partial charge in [-0.05, 0) is 109 Å². The second-order valence-corrected chi connectivity index (χ2v) is 20.6. The molecule has 4 heterocycles. The van der Waals surface area contributed by atoms with E-state index >= 15 is 19.2 Å². The maximum absolute atomic E-state index is 16.9. The third-order valence-corrected chi connectivity index (χ3v) is 15.9. The zero-order chi connectivity index (χ0) is 54.7. The number of hydrogen-bond acceptors (Lipinski definition) is 14. The topological polar surface area (TPSA) is 211 Å². The van der Waals surface area contributed by atoms with Crippen LogP contribution in [0.1, 0.15) is 90.1 Å². The molecule has 6 aromatic carbocycles. The van der Waals surface area contributed by atoms with Gasteiger partial charge in [0.2, 0.25) is 11.8 Å². The average molecular weight is 1070 g/mol. The van der Waals surface area contributed by atoms with Crippen molar-refractivity contribution in [3.63, 3.8) is 0 Å². The first kappa shape index (κ1) is 52.6. The minimum absolute atomic E-state index is 0.0490. The van der Waals surface area contributed by atoms with Crippen LogP contribution in [0.15, 0.2) is 152 Å². The molecule has 11 rings (SSSR count). The monoisotopic (exact) mass is 1070 g/mol. The molecule has 404 valence electrons. The molecule has 3 amide bonds. The molecule has 3 N–H and O–H groups in total. The number of amides is 3. The second-order valence-electron chi connectivity index (χ2n) is 20.6. The Hall–Kier alpha value is -8.40. The number of non-ortho nitro benzene ring substituents is 1. The number of cyclic esters (lactones) is 1. The molecule has 1 aliphatic carbocycles. The number of para-hydroxylation sites is 1. The second kappa shape index (κ2) is 22.5. The number of fused-ring (bicyclic) bond motifs is 3. The SMILES string of the molecule is O=C1OC(c2ccccc2)C(c2ccccc2)N2C1C(C(=O)Nc1ccc(N3CCOCC3)cc1)C1(C(=O)N(C(=O)OCc3ccc([N+](=O)[O-])cc3)c3ccc(C#CC4(O)CCCCCC4)cc31)C2c1ccccc1OCCO. The number of aliphatic hydroxyl groups excluding tert-OH is 1. The summed E-state index contributed by atoms with van der Waals surface area (Å²) in [5.41, 5.74) is 0.218. The standard InChI is InChI=1S/C62H59N5O12/c68-35-38-77-51-18-10-9-17-48(51)56-62(49-39-41(29-32-61(73)30-11-1-2-12-31-61)21-28-50(49)65(59(62)71)60(72)78-40-42-19-24-47(25-20-42)67(74)75)52(57(69)63-45-22-26-46(27-23-45)64-33-36-76-37-34-64)54-58(70)79-55(44-15-7-4-8-16-44)53(66(54)56)43-13-5-3-6-14-43/h3-10,13-28,39,52-56,68,73H,1-2,11-12,30-31,33-38,40H2,(H,63,69). The van der Waals surface area contributed by atoms with Gasteiger partial charge in [0.1, 0.15) is 42.1 Å². The summed E-state index contributed by atoms with van der Waals surface area (Å²) in [5, 5.41) is 36.7. The lowest BCUT2D eigenvalue weighted by Crippen LogP contribution is -2.54. The van der Waals surface area contributed by atoms with Crippen molar-refractivity contribution in [2.75, 3.05) is 54.6 Å². The molecule has 4 fully saturated rings. The molecular weight excluding hydrogens is 1010 g/mol. The fourth-order valence-corrected chi connectivity index (χ4v) is 12.3. The maximum Gasteiger partial charge on any atom is 0.421 e. The number of nitro benzene ring substituents is 1. The van der Waals surface area contributed by atoms with Gasteiger partial charge in [-0.25, -0.2) is 9.69 Å². The summed E-state index contributed by atoms with van der Waals surface area (Å²) >= 11 is 0. The lowest BCUT2D eigenvalue weighted by molar-refractivity contribution is -0.384. The van der Waals surface area contributed by atoms with E-state index in [-0.39, 0.29) is 35.9 Å². The van der Waals surface area contributed by atoms with Gasteiger partial charge in [-0.15, -0.1) is 0 Å². The fraction of sp³-hybridized carbons (Fsp3) is 0.323. The van der Waals surface area contributed by atoms with Gasteiger partial charge in [-0.3, -0.25) is 29.4 Å². The number of ether oxygens (including phenoxy) is 4. The maximum atomic E-state index is 16.9. The summed E-state index contributed by atoms with van der Waals surface area (Å²) < 4.78 is 24.6. The summed E-state index contributed by atoms with van der Waals surface area (Å²) in [6.07, 6.45) is 2.30. The highest BCUT2D eigenvalue weighted by molar-refractivity contribution is 6.24. The number of imide groups is 1. The van der Waals surface area contributed by atoms with Crippen LogP contribution in [-0.4, -0.2) is 95.1 Å². The van der Waals surface area contributed by atoms with Crippen molar-refractivity contribution >= 4 is 46.6 Å². The van der Waals surface area contributed by atoms with E-state index in [9.17, 15) is 20.3 Å². The van der Waals surface area contributed by atoms with E-state index in [0.29, 0.717) is 72.6 Å². The predicted molar refractivity (Wildman–Crippen MR) is 292 cm³/mol. The highest BCUT2D eigenvalue weighted by Gasteiger charge is 2.76. The Labute approximate surface area is 456 Å². The van der Waals surface area contributed by atoms with Gasteiger partial charge in [-0.2, -0.15) is 0 Å². The van der Waals surface area contributed by atoms with E-state index in [1.165, 1.54) is 24.3 Å². The van der Waals surface area contributed by atoms with Crippen LogP contribution in [0.25, 0.3) is 0 Å². The number of nitrogens with one attached hydrogen (secondary N) is 1. The number of aliphatic hydroxyl groups is 2. The summed E-state index contributed by atoms with van der Waals surface area (Å²) in [7, 11) is 0. The van der Waals surface area contributed by atoms with Gasteiger partial charge >= 0.3 is 12.1 Å². The smallest absolute Gasteiger partial charge is 0.421 e. The molecule has 0 bridgehead atoms. The van der Waals surface area contributed by atoms with E-state index in [1.54, 1.807) is 54.6 Å². The van der Waals surface area contributed by atoms with Crippen LogP contribution in [0.2, 0.25) is 0 Å². The van der Waals surface area contributed by atoms with Crippen LogP contribution in [0.4, 0.5) is 27.5 Å². The number of nitro groups is 1. The van der Waals surface area contributed by atoms with Crippen molar-refractivity contribution in [2.24, 2.45) is 5.92 Å². The van der Waals surface area contributed by atoms with E-state index in [1.807, 2.05) is 77.7 Å². The van der Waals surface area contributed by atoms with E-state index in [4.69, 9.17) is 18.9 Å². The molecule has 5 aliphatic rings. The number of rotatable bonds is 12. The number of morpholine rings is 2. The first-order valence-corrected chi connectivity index (χ1v) is 26.8. The van der Waals surface area contributed by atoms with Gasteiger partial charge in [-0.1, -0.05) is 104 Å². The average Bonchev–Trinajstić information content (AvgIpc) is 2.91. The van der Waals surface area contributed by atoms with Crippen LogP contribution in [0.5, 0.6) is 5.75 Å². The number of carbonyl (C=O) groups is 4. The molecule has 17 heteroatoms. The number of hydrogen-bond donors (Lipinski definition) is 3. The Morgan fingerprint density at radius 3 is 2.15 bits per heavy atom. The molecule has 6 unspecified atom stereocenters. The highest BCUT2D eigenvalue weighted by Crippen LogP contribution is 2.67. The predicted octanol–water partition coefficient (Wildman–Crippen LogP) is 8.88. The van der Waals surface area contributed by atoms with Crippen molar-refractivity contribution in [3.8, 4) is 17.6 Å². The van der Waals surface area contributed by atoms with Crippen LogP contribution >= 0.6 is 0 Å². The van der Waals surface area contributed by atoms with E-state index < -0.39 is 76.6 Å². The summed E-state index contributed by atoms with van der Waals surface area (Å²) in [6.45, 7) is 1.55. The molecule has 17 nitrogen and oxygen atoms in total. The minimum atomic E-state index is -2.24. The van der Waals surface area contributed by atoms with Gasteiger partial charge in [0.25, 0.3) is 5.69 Å². The van der Waals surface area contributed by atoms with Crippen molar-refractivity contribution in [1.82, 2.24) is 4.90 Å². The third-order valence-electron chi connectivity index (χ3n) is 15.9. The summed E-state index contributed by atoms with van der Waals surface area (Å²) in [4.78, 5) is 80.0. The molecule has 3 saturated heterocycles. The quantitative estimate of drug-likeness (QED) is 0.0344. The van der Waals surface area contributed by atoms with Crippen LogP contribution in [-0.2, 0) is 40.6 Å². The molecule has 79 heavy (non-hydrogen) atoms. The number of nitrogens with zero attached hydrogens (tertiary/aromatic N) is 4. The normalized spacial score (nSPS) is 23.3. The van der Waals surface area contributed by atoms with Crippen LogP contribution < -0.4 is 19.9 Å². The molecule has 0 radical (unpaired) electrons. The number of esters is 1. The zero-order valence-corrected chi connectivity index (χ0v) is 43.3. The molecule has 0 aromatic heterocycles. The highest BCUT2D eigenvalue weighted by atomic mass is 16.6. The molecule has 1 saturated carbocycles. The van der Waals surface area contributed by atoms with Crippen LogP contribution in [0.3, 0.4) is 0 Å². The molecule has 6 atom stereocenters. The summed E-state index contributed by atoms with van der Waals surface area (Å²) in [5.74, 6) is 2.47. The van der Waals surface area contributed by atoms with Gasteiger partial charge in [0.05, 0.1) is 48.4 Å². The first-order chi connectivity index (χ1) is 38.5. The zero-order valence-electron chi connectivity index (χ0n) is 43.3. The van der Waals surface area contributed by atoms with Crippen molar-refractivity contribution in [2.45, 2.75) is 80.4 Å². The Kier molecular flexibility index (Phi) is 15.0. The molecule has 6 aromatic rings. The number of benzene rings is 6.